The average molecular weight is 1070 g/mol. The second kappa shape index (κ2) is 51.0. The molecule has 0 spiro atoms. The van der Waals surface area contributed by atoms with Gasteiger partial charge in [-0.25, -0.2) is 4.18 Å². The molecule has 1 aliphatic heterocycles. The number of ether oxygens (including phenoxy) is 2. The summed E-state index contributed by atoms with van der Waals surface area (Å²) in [5.41, 5.74) is 0. The Morgan fingerprint density at radius 3 is 1.22 bits per heavy atom. The minimum atomic E-state index is -5.09. The first-order valence-corrected chi connectivity index (χ1v) is 32.6. The molecule has 0 radical (unpaired) electrons. The predicted octanol–water partition coefficient (Wildman–Crippen LogP) is 15.2. The molecule has 13 heteroatoms. The normalized spacial score (nSPS) is 19.3. The standard InChI is InChI=1S/C61H117NO11S/c1-3-5-7-9-11-13-15-17-19-21-23-25-27-28-29-30-32-34-36-38-40-42-44-46-48-50-55(64)54(53-71-61-59(67)60(73-74(68,69)70)58(66)56(52-63)72-61)62-57(65)51-49-47-45-43-41-39-37-35-33-31-26-24-22-20-18-16-14-12-10-8-6-4-2/h31,33,48,50,54-56,58-61,63-64,66-67H,3-30,32,34-47,49,51-53H2,1-2H3,(H,62,65)(H,68,69,70)/b33-31-,50-48+. The third kappa shape index (κ3) is 42.6. The second-order valence-corrected chi connectivity index (χ2v) is 23.0. The first-order valence-electron chi connectivity index (χ1n) is 31.2. The molecule has 7 unspecified atom stereocenters. The van der Waals surface area contributed by atoms with Crippen LogP contribution in [0.3, 0.4) is 0 Å². The number of rotatable bonds is 55. The maximum atomic E-state index is 13.2. The number of allylic oxidation sites excluding steroid dienone is 3. The fourth-order valence-electron chi connectivity index (χ4n) is 10.2. The van der Waals surface area contributed by atoms with E-state index in [1.54, 1.807) is 6.08 Å². The van der Waals surface area contributed by atoms with Gasteiger partial charge in [0.1, 0.15) is 24.4 Å². The van der Waals surface area contributed by atoms with Crippen LogP contribution in [0, 0.1) is 0 Å². The minimum absolute atomic E-state index is 0.262. The molecule has 6 N–H and O–H groups in total. The van der Waals surface area contributed by atoms with Crippen LogP contribution in [0.15, 0.2) is 24.3 Å². The van der Waals surface area contributed by atoms with Crippen molar-refractivity contribution in [2.24, 2.45) is 0 Å². The van der Waals surface area contributed by atoms with Crippen molar-refractivity contribution in [3.05, 3.63) is 24.3 Å². The fourth-order valence-corrected chi connectivity index (χ4v) is 10.7. The quantitative estimate of drug-likeness (QED) is 0.0193. The van der Waals surface area contributed by atoms with Crippen LogP contribution in [0.4, 0.5) is 0 Å². The zero-order valence-corrected chi connectivity index (χ0v) is 48.5. The van der Waals surface area contributed by atoms with Gasteiger partial charge in [-0.1, -0.05) is 276 Å². The number of carbonyl (C=O) groups excluding carboxylic acids is 1. The number of carbonyl (C=O) groups is 1. The fraction of sp³-hybridized carbons (Fsp3) is 0.918. The van der Waals surface area contributed by atoms with Gasteiger partial charge in [-0.05, 0) is 44.9 Å². The molecule has 74 heavy (non-hydrogen) atoms. The van der Waals surface area contributed by atoms with Crippen molar-refractivity contribution in [3.8, 4) is 0 Å². The summed E-state index contributed by atoms with van der Waals surface area (Å²) in [6.07, 6.45) is 55.1. The Morgan fingerprint density at radius 2 is 0.865 bits per heavy atom. The van der Waals surface area contributed by atoms with E-state index >= 15 is 0 Å². The molecular formula is C61H117NO11S. The molecule has 1 amide bonds. The van der Waals surface area contributed by atoms with Gasteiger partial charge in [-0.2, -0.15) is 8.42 Å². The number of hydrogen-bond acceptors (Lipinski definition) is 10. The maximum Gasteiger partial charge on any atom is 0.397 e. The lowest BCUT2D eigenvalue weighted by atomic mass is 9.99. The summed E-state index contributed by atoms with van der Waals surface area (Å²) in [7, 11) is -5.09. The van der Waals surface area contributed by atoms with Gasteiger partial charge in [0.05, 0.1) is 25.4 Å². The molecule has 0 aromatic heterocycles. The van der Waals surface area contributed by atoms with E-state index in [0.29, 0.717) is 6.42 Å². The molecule has 0 aromatic rings. The Balaban J connectivity index is 2.34. The zero-order chi connectivity index (χ0) is 54.0. The van der Waals surface area contributed by atoms with E-state index in [1.165, 1.54) is 231 Å². The maximum absolute atomic E-state index is 13.2. The molecule has 0 aliphatic carbocycles. The third-order valence-electron chi connectivity index (χ3n) is 15.0. The Kier molecular flexibility index (Phi) is 48.7. The van der Waals surface area contributed by atoms with Gasteiger partial charge < -0.3 is 35.2 Å². The van der Waals surface area contributed by atoms with E-state index in [4.69, 9.17) is 9.47 Å². The van der Waals surface area contributed by atoms with Gasteiger partial charge in [-0.15, -0.1) is 0 Å². The van der Waals surface area contributed by atoms with Gasteiger partial charge in [0.25, 0.3) is 0 Å². The SMILES string of the molecule is CCCCCCCCCCCCC/C=C\CCCCCCCCCC(=O)NC(COC1OC(CO)C(O)C(OS(=O)(=O)O)C1O)C(O)/C=C/CCCCCCCCCCCCCCCCCCCCCCCCC. The third-order valence-corrected chi connectivity index (χ3v) is 15.4. The van der Waals surface area contributed by atoms with Gasteiger partial charge in [0.15, 0.2) is 6.29 Å². The molecule has 1 heterocycles. The highest BCUT2D eigenvalue weighted by Gasteiger charge is 2.48. The molecule has 0 bridgehead atoms. The average Bonchev–Trinajstić information content (AvgIpc) is 3.38. The van der Waals surface area contributed by atoms with E-state index in [9.17, 15) is 38.2 Å². The van der Waals surface area contributed by atoms with Crippen LogP contribution in [0.25, 0.3) is 0 Å². The lowest BCUT2D eigenvalue weighted by Crippen LogP contribution is -2.61. The van der Waals surface area contributed by atoms with Crippen LogP contribution in [0.2, 0.25) is 0 Å². The van der Waals surface area contributed by atoms with Crippen LogP contribution in [0.5, 0.6) is 0 Å². The first-order chi connectivity index (χ1) is 36.0. The van der Waals surface area contributed by atoms with Crippen molar-refractivity contribution in [2.45, 2.75) is 346 Å². The predicted molar refractivity (Wildman–Crippen MR) is 305 cm³/mol. The van der Waals surface area contributed by atoms with E-state index < -0.39 is 59.9 Å². The van der Waals surface area contributed by atoms with Gasteiger partial charge in [0, 0.05) is 6.42 Å². The molecule has 0 aromatic carbocycles. The largest absolute Gasteiger partial charge is 0.397 e. The number of hydrogen-bond donors (Lipinski definition) is 6. The summed E-state index contributed by atoms with van der Waals surface area (Å²) >= 11 is 0. The van der Waals surface area contributed by atoms with Crippen molar-refractivity contribution in [3.63, 3.8) is 0 Å². The molecule has 1 fully saturated rings. The van der Waals surface area contributed by atoms with Gasteiger partial charge in [0.2, 0.25) is 5.91 Å². The summed E-state index contributed by atoms with van der Waals surface area (Å²) in [6.45, 7) is 3.44. The second-order valence-electron chi connectivity index (χ2n) is 22.0. The molecule has 1 saturated heterocycles. The Hall–Kier alpha value is -1.42. The molecule has 0 saturated carbocycles. The lowest BCUT2D eigenvalue weighted by Gasteiger charge is -2.41. The Labute approximate surface area is 454 Å². The lowest BCUT2D eigenvalue weighted by molar-refractivity contribution is -0.298. The highest BCUT2D eigenvalue weighted by atomic mass is 32.3. The molecular weight excluding hydrogens is 955 g/mol. The van der Waals surface area contributed by atoms with Crippen LogP contribution < -0.4 is 5.32 Å². The van der Waals surface area contributed by atoms with Crippen molar-refractivity contribution >= 4 is 16.3 Å². The van der Waals surface area contributed by atoms with Crippen molar-refractivity contribution in [1.29, 1.82) is 0 Å². The zero-order valence-electron chi connectivity index (χ0n) is 47.7. The number of amides is 1. The summed E-state index contributed by atoms with van der Waals surface area (Å²) in [5, 5.41) is 45.1. The van der Waals surface area contributed by atoms with Crippen molar-refractivity contribution < 1.29 is 51.8 Å². The number of aliphatic hydroxyl groups is 4. The summed E-state index contributed by atoms with van der Waals surface area (Å²) in [4.78, 5) is 13.2. The smallest absolute Gasteiger partial charge is 0.394 e. The Morgan fingerprint density at radius 1 is 0.527 bits per heavy atom. The van der Waals surface area contributed by atoms with Crippen LogP contribution in [-0.2, 0) is 28.9 Å². The summed E-state index contributed by atoms with van der Waals surface area (Å²) in [6, 6.07) is -0.946. The van der Waals surface area contributed by atoms with E-state index in [1.807, 2.05) is 6.08 Å². The summed E-state index contributed by atoms with van der Waals surface area (Å²) < 4.78 is 47.9. The van der Waals surface area contributed by atoms with Crippen LogP contribution >= 0.6 is 0 Å². The highest BCUT2D eigenvalue weighted by molar-refractivity contribution is 7.80. The molecule has 12 nitrogen and oxygen atoms in total. The number of aliphatic hydroxyl groups excluding tert-OH is 4. The summed E-state index contributed by atoms with van der Waals surface area (Å²) in [5.74, 6) is -0.262. The highest BCUT2D eigenvalue weighted by Crippen LogP contribution is 2.26. The van der Waals surface area contributed by atoms with Crippen LogP contribution in [-0.4, -0.2) is 95.4 Å². The van der Waals surface area contributed by atoms with E-state index in [2.05, 4.69) is 35.5 Å². The van der Waals surface area contributed by atoms with Gasteiger partial charge in [-0.3, -0.25) is 9.35 Å². The first kappa shape index (κ1) is 70.6. The van der Waals surface area contributed by atoms with Crippen LogP contribution in [0.1, 0.15) is 303 Å². The monoisotopic (exact) mass is 1070 g/mol. The van der Waals surface area contributed by atoms with E-state index in [-0.39, 0.29) is 18.9 Å². The minimum Gasteiger partial charge on any atom is -0.394 e. The number of unbranched alkanes of at least 4 members (excludes halogenated alkanes) is 41. The Bertz CT molecular complexity index is 1400. The number of nitrogens with one attached hydrogen (secondary N) is 1. The van der Waals surface area contributed by atoms with Gasteiger partial charge >= 0.3 is 10.4 Å². The topological polar surface area (TPSA) is 192 Å². The molecule has 7 atom stereocenters. The molecule has 438 valence electrons. The van der Waals surface area contributed by atoms with E-state index in [0.717, 1.165) is 44.9 Å². The molecule has 1 rings (SSSR count). The van der Waals surface area contributed by atoms with Crippen molar-refractivity contribution in [2.75, 3.05) is 13.2 Å². The van der Waals surface area contributed by atoms with Crippen molar-refractivity contribution in [1.82, 2.24) is 5.32 Å². The molecule has 1 aliphatic rings.